The van der Waals surface area contributed by atoms with Crippen molar-refractivity contribution in [3.05, 3.63) is 15.8 Å². The summed E-state index contributed by atoms with van der Waals surface area (Å²) >= 11 is 0. The lowest BCUT2D eigenvalue weighted by Gasteiger charge is -2.14. The van der Waals surface area contributed by atoms with Crippen LogP contribution < -0.4 is 5.32 Å². The van der Waals surface area contributed by atoms with Crippen molar-refractivity contribution in [1.82, 2.24) is 9.78 Å². The van der Waals surface area contributed by atoms with E-state index < -0.39 is 0 Å². The number of aryl methyl sites for hydroxylation is 2. The summed E-state index contributed by atoms with van der Waals surface area (Å²) in [5, 5.41) is 18.6. The van der Waals surface area contributed by atoms with Gasteiger partial charge in [-0.15, -0.1) is 12.3 Å². The molecular weight excluding hydrogens is 244 g/mol. The third-order valence-electron chi connectivity index (χ3n) is 2.96. The second-order valence-corrected chi connectivity index (χ2v) is 4.43. The van der Waals surface area contributed by atoms with Crippen molar-refractivity contribution in [2.75, 3.05) is 5.32 Å². The van der Waals surface area contributed by atoms with Gasteiger partial charge in [-0.1, -0.05) is 20.3 Å². The first-order chi connectivity index (χ1) is 9.04. The third-order valence-corrected chi connectivity index (χ3v) is 2.96. The first-order valence-electron chi connectivity index (χ1n) is 6.45. The van der Waals surface area contributed by atoms with Crippen LogP contribution in [0.4, 0.5) is 11.5 Å². The molecule has 0 aliphatic heterocycles. The molecule has 0 radical (unpaired) electrons. The van der Waals surface area contributed by atoms with Gasteiger partial charge < -0.3 is 5.32 Å². The van der Waals surface area contributed by atoms with E-state index in [0.29, 0.717) is 24.4 Å². The first kappa shape index (κ1) is 15.0. The first-order valence-corrected chi connectivity index (χ1v) is 6.45. The van der Waals surface area contributed by atoms with Crippen molar-refractivity contribution in [2.24, 2.45) is 7.05 Å². The second kappa shape index (κ2) is 6.78. The van der Waals surface area contributed by atoms with Crippen molar-refractivity contribution < 1.29 is 4.92 Å². The Morgan fingerprint density at radius 2 is 2.26 bits per heavy atom. The molecule has 1 heterocycles. The minimum atomic E-state index is -0.372. The Bertz CT molecular complexity index is 488. The summed E-state index contributed by atoms with van der Waals surface area (Å²) in [7, 11) is 1.71. The van der Waals surface area contributed by atoms with Crippen LogP contribution in [0.3, 0.4) is 0 Å². The molecule has 6 heteroatoms. The van der Waals surface area contributed by atoms with Gasteiger partial charge in [-0.3, -0.25) is 10.1 Å². The standard InChI is InChI=1S/C13H20N4O2/c1-5-8-10(7-3)14-13-12(17(18)19)11(9-6-2)15-16(13)4/h1,10,14H,6-9H2,2-4H3. The number of rotatable bonds is 7. The van der Waals surface area contributed by atoms with Gasteiger partial charge in [-0.25, -0.2) is 4.68 Å². The molecule has 0 bridgehead atoms. The molecule has 0 aliphatic carbocycles. The Morgan fingerprint density at radius 1 is 1.58 bits per heavy atom. The molecule has 1 unspecified atom stereocenters. The molecule has 19 heavy (non-hydrogen) atoms. The maximum atomic E-state index is 11.2. The minimum absolute atomic E-state index is 0.0218. The van der Waals surface area contributed by atoms with Gasteiger partial charge in [-0.05, 0) is 12.8 Å². The summed E-state index contributed by atoms with van der Waals surface area (Å²) in [6.45, 7) is 3.96. The quantitative estimate of drug-likeness (QED) is 0.466. The van der Waals surface area contributed by atoms with Gasteiger partial charge in [-0.2, -0.15) is 5.10 Å². The van der Waals surface area contributed by atoms with E-state index in [0.717, 1.165) is 12.8 Å². The third kappa shape index (κ3) is 3.47. The molecule has 0 amide bonds. The topological polar surface area (TPSA) is 73.0 Å². The molecule has 1 aromatic heterocycles. The molecular formula is C13H20N4O2. The lowest BCUT2D eigenvalue weighted by Crippen LogP contribution is -2.20. The van der Waals surface area contributed by atoms with Crippen LogP contribution in [0.2, 0.25) is 0 Å². The van der Waals surface area contributed by atoms with Crippen molar-refractivity contribution in [3.8, 4) is 12.3 Å². The fraction of sp³-hybridized carbons (Fsp3) is 0.615. The average molecular weight is 264 g/mol. The molecule has 1 rings (SSSR count). The molecule has 104 valence electrons. The van der Waals surface area contributed by atoms with Crippen LogP contribution in [0.15, 0.2) is 0 Å². The number of terminal acetylenes is 1. The fourth-order valence-corrected chi connectivity index (χ4v) is 1.96. The number of nitro groups is 1. The summed E-state index contributed by atoms with van der Waals surface area (Å²) in [6.07, 6.45) is 8.05. The van der Waals surface area contributed by atoms with Crippen LogP contribution >= 0.6 is 0 Å². The molecule has 0 saturated carbocycles. The summed E-state index contributed by atoms with van der Waals surface area (Å²) in [5.41, 5.74) is 0.591. The summed E-state index contributed by atoms with van der Waals surface area (Å²) in [6, 6.07) is 0.0218. The number of anilines is 1. The van der Waals surface area contributed by atoms with Crippen LogP contribution in [0.1, 0.15) is 38.8 Å². The Hall–Kier alpha value is -2.03. The SMILES string of the molecule is C#CCC(CC)Nc1c([N+](=O)[O-])c(CCC)nn1C. The highest BCUT2D eigenvalue weighted by molar-refractivity contribution is 5.60. The number of hydrogen-bond donors (Lipinski definition) is 1. The maximum absolute atomic E-state index is 11.2. The number of nitrogens with one attached hydrogen (secondary N) is 1. The number of nitrogens with zero attached hydrogens (tertiary/aromatic N) is 3. The Morgan fingerprint density at radius 3 is 2.74 bits per heavy atom. The van der Waals surface area contributed by atoms with E-state index in [9.17, 15) is 10.1 Å². The van der Waals surface area contributed by atoms with Gasteiger partial charge in [0.1, 0.15) is 5.69 Å². The van der Waals surface area contributed by atoms with Gasteiger partial charge in [0.2, 0.25) is 5.82 Å². The highest BCUT2D eigenvalue weighted by Crippen LogP contribution is 2.30. The predicted octanol–water partition coefficient (Wildman–Crippen LogP) is 2.49. The van der Waals surface area contributed by atoms with Gasteiger partial charge in [0.15, 0.2) is 0 Å². The summed E-state index contributed by atoms with van der Waals surface area (Å²) in [5.74, 6) is 3.02. The lowest BCUT2D eigenvalue weighted by atomic mass is 10.1. The smallest absolute Gasteiger partial charge is 0.333 e. The van der Waals surface area contributed by atoms with Crippen molar-refractivity contribution >= 4 is 11.5 Å². The molecule has 1 aromatic rings. The van der Waals surface area contributed by atoms with E-state index in [1.807, 2.05) is 13.8 Å². The fourth-order valence-electron chi connectivity index (χ4n) is 1.96. The monoisotopic (exact) mass is 264 g/mol. The van der Waals surface area contributed by atoms with Gasteiger partial charge in [0, 0.05) is 19.5 Å². The Kier molecular flexibility index (Phi) is 5.37. The van der Waals surface area contributed by atoms with Crippen molar-refractivity contribution in [3.63, 3.8) is 0 Å². The largest absolute Gasteiger partial charge is 0.361 e. The Labute approximate surface area is 113 Å². The molecule has 0 aromatic carbocycles. The number of aromatic nitrogens is 2. The summed E-state index contributed by atoms with van der Waals surface area (Å²) in [4.78, 5) is 10.9. The zero-order valence-corrected chi connectivity index (χ0v) is 11.6. The Balaban J connectivity index is 3.11. The second-order valence-electron chi connectivity index (χ2n) is 4.43. The predicted molar refractivity (Wildman–Crippen MR) is 75.0 cm³/mol. The van der Waals surface area contributed by atoms with E-state index in [2.05, 4.69) is 16.3 Å². The molecule has 1 atom stereocenters. The minimum Gasteiger partial charge on any atom is -0.361 e. The normalized spacial score (nSPS) is 11.9. The maximum Gasteiger partial charge on any atom is 0.333 e. The van der Waals surface area contributed by atoms with Crippen LogP contribution in [-0.4, -0.2) is 20.7 Å². The summed E-state index contributed by atoms with van der Waals surface area (Å²) < 4.78 is 1.53. The van der Waals surface area contributed by atoms with E-state index in [-0.39, 0.29) is 16.7 Å². The van der Waals surface area contributed by atoms with E-state index in [1.165, 1.54) is 4.68 Å². The average Bonchev–Trinajstić information content (AvgIpc) is 2.65. The molecule has 6 nitrogen and oxygen atoms in total. The van der Waals surface area contributed by atoms with E-state index >= 15 is 0 Å². The van der Waals surface area contributed by atoms with E-state index in [4.69, 9.17) is 6.42 Å². The van der Waals surface area contributed by atoms with Gasteiger partial charge >= 0.3 is 5.69 Å². The van der Waals surface area contributed by atoms with Crippen LogP contribution in [0.25, 0.3) is 0 Å². The number of hydrogen-bond acceptors (Lipinski definition) is 4. The zero-order valence-electron chi connectivity index (χ0n) is 11.6. The zero-order chi connectivity index (χ0) is 14.4. The van der Waals surface area contributed by atoms with Crippen LogP contribution in [0, 0.1) is 22.5 Å². The van der Waals surface area contributed by atoms with Gasteiger partial charge in [0.25, 0.3) is 0 Å². The molecule has 1 N–H and O–H groups in total. The molecule has 0 fully saturated rings. The van der Waals surface area contributed by atoms with Crippen LogP contribution in [-0.2, 0) is 13.5 Å². The lowest BCUT2D eigenvalue weighted by molar-refractivity contribution is -0.384. The van der Waals surface area contributed by atoms with Crippen molar-refractivity contribution in [2.45, 2.75) is 45.6 Å². The van der Waals surface area contributed by atoms with E-state index in [1.54, 1.807) is 7.05 Å². The van der Waals surface area contributed by atoms with Gasteiger partial charge in [0.05, 0.1) is 4.92 Å². The van der Waals surface area contributed by atoms with Crippen LogP contribution in [0.5, 0.6) is 0 Å². The highest BCUT2D eigenvalue weighted by atomic mass is 16.6. The van der Waals surface area contributed by atoms with Crippen molar-refractivity contribution in [1.29, 1.82) is 0 Å². The molecule has 0 saturated heterocycles. The highest BCUT2D eigenvalue weighted by Gasteiger charge is 2.27. The molecule has 0 aliphatic rings. The molecule has 0 spiro atoms.